The maximum Gasteiger partial charge on any atom is 0.127 e. The molecule has 0 aliphatic heterocycles. The minimum Gasteiger partial charge on any atom is -0.457 e. The Kier molecular flexibility index (Phi) is 3.83. The summed E-state index contributed by atoms with van der Waals surface area (Å²) in [6.07, 6.45) is 5.88. The van der Waals surface area contributed by atoms with Crippen LogP contribution >= 0.6 is 0 Å². The van der Waals surface area contributed by atoms with Gasteiger partial charge >= 0.3 is 0 Å². The third-order valence-electron chi connectivity index (χ3n) is 3.03. The van der Waals surface area contributed by atoms with Crippen molar-refractivity contribution in [3.8, 4) is 11.5 Å². The standard InChI is InChI=1S/C18H16N2O/c1-20-12-11-15(14-20)13-19-16-7-9-18(10-8-16)21-17-5-3-2-4-6-17/h2-14H,1H3. The number of hydrogen-bond donors (Lipinski definition) is 0. The van der Waals surface area contributed by atoms with Crippen molar-refractivity contribution in [2.24, 2.45) is 12.0 Å². The van der Waals surface area contributed by atoms with Gasteiger partial charge in [-0.25, -0.2) is 0 Å². The van der Waals surface area contributed by atoms with Crippen LogP contribution in [-0.4, -0.2) is 10.8 Å². The number of aryl methyl sites for hydroxylation is 1. The minimum absolute atomic E-state index is 0.805. The lowest BCUT2D eigenvalue weighted by molar-refractivity contribution is 0.483. The van der Waals surface area contributed by atoms with Crippen LogP contribution in [0.1, 0.15) is 5.56 Å². The molecule has 0 spiro atoms. The molecular weight excluding hydrogens is 260 g/mol. The summed E-state index contributed by atoms with van der Waals surface area (Å²) in [4.78, 5) is 4.44. The normalized spacial score (nSPS) is 10.9. The van der Waals surface area contributed by atoms with Gasteiger partial charge < -0.3 is 9.30 Å². The minimum atomic E-state index is 0.805. The van der Waals surface area contributed by atoms with E-state index >= 15 is 0 Å². The van der Waals surface area contributed by atoms with E-state index in [4.69, 9.17) is 4.74 Å². The first kappa shape index (κ1) is 13.2. The van der Waals surface area contributed by atoms with Gasteiger partial charge in [-0.1, -0.05) is 18.2 Å². The lowest BCUT2D eigenvalue weighted by Gasteiger charge is -2.05. The summed E-state index contributed by atoms with van der Waals surface area (Å²) in [5, 5.41) is 0. The molecule has 0 fully saturated rings. The fourth-order valence-corrected chi connectivity index (χ4v) is 1.98. The van der Waals surface area contributed by atoms with Crippen LogP contribution in [0.25, 0.3) is 0 Å². The zero-order valence-corrected chi connectivity index (χ0v) is 11.8. The maximum absolute atomic E-state index is 5.74. The Morgan fingerprint density at radius 1 is 0.905 bits per heavy atom. The second-order valence-electron chi connectivity index (χ2n) is 4.78. The molecule has 0 unspecified atom stereocenters. The van der Waals surface area contributed by atoms with Crippen LogP contribution in [0.5, 0.6) is 11.5 Å². The van der Waals surface area contributed by atoms with E-state index in [0.717, 1.165) is 22.7 Å². The number of hydrogen-bond acceptors (Lipinski definition) is 2. The van der Waals surface area contributed by atoms with Gasteiger partial charge in [0.1, 0.15) is 11.5 Å². The van der Waals surface area contributed by atoms with Crippen molar-refractivity contribution < 1.29 is 4.74 Å². The van der Waals surface area contributed by atoms with Gasteiger partial charge in [0.15, 0.2) is 0 Å². The van der Waals surface area contributed by atoms with Gasteiger partial charge in [0, 0.05) is 31.2 Å². The van der Waals surface area contributed by atoms with Crippen molar-refractivity contribution in [3.63, 3.8) is 0 Å². The molecule has 0 N–H and O–H groups in total. The van der Waals surface area contributed by atoms with Crippen LogP contribution < -0.4 is 4.74 Å². The second-order valence-corrected chi connectivity index (χ2v) is 4.78. The zero-order chi connectivity index (χ0) is 14.5. The predicted molar refractivity (Wildman–Crippen MR) is 85.6 cm³/mol. The Hall–Kier alpha value is -2.81. The van der Waals surface area contributed by atoms with Gasteiger partial charge in [-0.05, 0) is 42.5 Å². The van der Waals surface area contributed by atoms with Crippen LogP contribution in [-0.2, 0) is 7.05 Å². The molecule has 3 nitrogen and oxygen atoms in total. The fraction of sp³-hybridized carbons (Fsp3) is 0.0556. The molecule has 2 aromatic carbocycles. The van der Waals surface area contributed by atoms with Crippen LogP contribution in [0, 0.1) is 0 Å². The molecule has 0 bridgehead atoms. The van der Waals surface area contributed by atoms with Crippen molar-refractivity contribution in [2.45, 2.75) is 0 Å². The van der Waals surface area contributed by atoms with E-state index in [1.165, 1.54) is 0 Å². The van der Waals surface area contributed by atoms with E-state index < -0.39 is 0 Å². The van der Waals surface area contributed by atoms with E-state index in [9.17, 15) is 0 Å². The molecule has 104 valence electrons. The number of aliphatic imine (C=N–C) groups is 1. The molecule has 21 heavy (non-hydrogen) atoms. The zero-order valence-electron chi connectivity index (χ0n) is 11.8. The SMILES string of the molecule is Cn1ccc(C=Nc2ccc(Oc3ccccc3)cc2)c1. The van der Waals surface area contributed by atoms with Crippen LogP contribution in [0.3, 0.4) is 0 Å². The van der Waals surface area contributed by atoms with Gasteiger partial charge in [0.2, 0.25) is 0 Å². The van der Waals surface area contributed by atoms with Gasteiger partial charge in [0.25, 0.3) is 0 Å². The third-order valence-corrected chi connectivity index (χ3v) is 3.03. The van der Waals surface area contributed by atoms with E-state index in [-0.39, 0.29) is 0 Å². The van der Waals surface area contributed by atoms with Crippen molar-refractivity contribution in [1.29, 1.82) is 0 Å². The number of para-hydroxylation sites is 1. The molecule has 0 saturated carbocycles. The summed E-state index contributed by atoms with van der Waals surface area (Å²) in [5.41, 5.74) is 1.99. The molecule has 1 heterocycles. The average molecular weight is 276 g/mol. The Morgan fingerprint density at radius 2 is 1.62 bits per heavy atom. The van der Waals surface area contributed by atoms with Crippen molar-refractivity contribution in [1.82, 2.24) is 4.57 Å². The van der Waals surface area contributed by atoms with Gasteiger partial charge in [-0.15, -0.1) is 0 Å². The topological polar surface area (TPSA) is 26.5 Å². The van der Waals surface area contributed by atoms with Crippen LogP contribution in [0.4, 0.5) is 5.69 Å². The molecule has 0 aliphatic carbocycles. The number of rotatable bonds is 4. The molecule has 0 aliphatic rings. The van der Waals surface area contributed by atoms with Crippen molar-refractivity contribution in [2.75, 3.05) is 0 Å². The quantitative estimate of drug-likeness (QED) is 0.641. The molecule has 3 rings (SSSR count). The summed E-state index contributed by atoms with van der Waals surface area (Å²) in [6.45, 7) is 0. The number of aromatic nitrogens is 1. The summed E-state index contributed by atoms with van der Waals surface area (Å²) in [6, 6.07) is 19.5. The summed E-state index contributed by atoms with van der Waals surface area (Å²) < 4.78 is 7.74. The summed E-state index contributed by atoms with van der Waals surface area (Å²) in [7, 11) is 1.99. The summed E-state index contributed by atoms with van der Waals surface area (Å²) >= 11 is 0. The lowest BCUT2D eigenvalue weighted by Crippen LogP contribution is -1.82. The van der Waals surface area contributed by atoms with E-state index in [1.807, 2.05) is 90.9 Å². The van der Waals surface area contributed by atoms with Gasteiger partial charge in [-0.3, -0.25) is 4.99 Å². The third kappa shape index (κ3) is 3.60. The molecule has 0 atom stereocenters. The molecule has 3 heteroatoms. The number of benzene rings is 2. The molecular formula is C18H16N2O. The van der Waals surface area contributed by atoms with E-state index in [0.29, 0.717) is 0 Å². The molecule has 0 radical (unpaired) electrons. The van der Waals surface area contributed by atoms with Crippen molar-refractivity contribution >= 4 is 11.9 Å². The highest BCUT2D eigenvalue weighted by Gasteiger charge is 1.96. The first-order valence-electron chi connectivity index (χ1n) is 6.79. The molecule has 0 amide bonds. The maximum atomic E-state index is 5.74. The Balaban J connectivity index is 1.68. The fourth-order valence-electron chi connectivity index (χ4n) is 1.98. The van der Waals surface area contributed by atoms with Crippen LogP contribution in [0.2, 0.25) is 0 Å². The molecule has 1 aromatic heterocycles. The monoisotopic (exact) mass is 276 g/mol. The Bertz CT molecular complexity index is 727. The highest BCUT2D eigenvalue weighted by Crippen LogP contribution is 2.23. The first-order chi connectivity index (χ1) is 10.3. The first-order valence-corrected chi connectivity index (χ1v) is 6.79. The lowest BCUT2D eigenvalue weighted by atomic mass is 10.3. The summed E-state index contributed by atoms with van der Waals surface area (Å²) in [5.74, 6) is 1.64. The van der Waals surface area contributed by atoms with Crippen LogP contribution in [0.15, 0.2) is 78.0 Å². The number of nitrogens with zero attached hydrogens (tertiary/aromatic N) is 2. The highest BCUT2D eigenvalue weighted by molar-refractivity contribution is 5.81. The van der Waals surface area contributed by atoms with Crippen molar-refractivity contribution in [3.05, 3.63) is 78.6 Å². The van der Waals surface area contributed by atoms with E-state index in [2.05, 4.69) is 4.99 Å². The largest absolute Gasteiger partial charge is 0.457 e. The highest BCUT2D eigenvalue weighted by atomic mass is 16.5. The van der Waals surface area contributed by atoms with E-state index in [1.54, 1.807) is 0 Å². The molecule has 3 aromatic rings. The van der Waals surface area contributed by atoms with Gasteiger partial charge in [-0.2, -0.15) is 0 Å². The number of ether oxygens (including phenoxy) is 1. The average Bonchev–Trinajstić information content (AvgIpc) is 2.93. The van der Waals surface area contributed by atoms with Gasteiger partial charge in [0.05, 0.1) is 5.69 Å². The smallest absolute Gasteiger partial charge is 0.127 e. The second kappa shape index (κ2) is 6.09. The predicted octanol–water partition coefficient (Wildman–Crippen LogP) is 4.57. The Labute approximate surface area is 124 Å². The Morgan fingerprint density at radius 3 is 2.29 bits per heavy atom. The molecule has 0 saturated heterocycles.